The number of thiocarbonyl (C=S) groups is 1. The Labute approximate surface area is 120 Å². The van der Waals surface area contributed by atoms with E-state index >= 15 is 0 Å². The van der Waals surface area contributed by atoms with Gasteiger partial charge in [-0.25, -0.2) is 0 Å². The van der Waals surface area contributed by atoms with Gasteiger partial charge in [0.25, 0.3) is 0 Å². The van der Waals surface area contributed by atoms with Crippen molar-refractivity contribution in [3.8, 4) is 0 Å². The van der Waals surface area contributed by atoms with Crippen molar-refractivity contribution in [3.05, 3.63) is 0 Å². The first-order valence-corrected chi connectivity index (χ1v) is 7.25. The molecule has 2 saturated heterocycles. The van der Waals surface area contributed by atoms with Crippen LogP contribution in [-0.4, -0.2) is 66.6 Å². The standard InChI is InChI=1S/C13H23N3O2S/c1-10-9-15(2)5-6-16(10)12(17)13(11(14)19)3-7-18-8-4-13/h10H,3-9H2,1-2H3,(H2,14,19). The van der Waals surface area contributed by atoms with Gasteiger partial charge < -0.3 is 20.3 Å². The molecule has 0 aliphatic carbocycles. The number of likely N-dealkylation sites (N-methyl/N-ethyl adjacent to an activating group) is 1. The molecule has 2 fully saturated rings. The number of ether oxygens (including phenoxy) is 1. The lowest BCUT2D eigenvalue weighted by atomic mass is 9.78. The van der Waals surface area contributed by atoms with Crippen LogP contribution in [0.3, 0.4) is 0 Å². The molecule has 1 unspecified atom stereocenters. The minimum Gasteiger partial charge on any atom is -0.392 e. The highest BCUT2D eigenvalue weighted by molar-refractivity contribution is 7.80. The zero-order chi connectivity index (χ0) is 14.0. The predicted molar refractivity (Wildman–Crippen MR) is 77.9 cm³/mol. The van der Waals surface area contributed by atoms with Gasteiger partial charge in [-0.1, -0.05) is 12.2 Å². The average Bonchev–Trinajstić information content (AvgIpc) is 2.38. The summed E-state index contributed by atoms with van der Waals surface area (Å²) < 4.78 is 5.36. The number of rotatable bonds is 2. The highest BCUT2D eigenvalue weighted by atomic mass is 32.1. The summed E-state index contributed by atoms with van der Waals surface area (Å²) in [4.78, 5) is 17.4. The number of carbonyl (C=O) groups is 1. The molecular formula is C13H23N3O2S. The number of hydrogen-bond acceptors (Lipinski definition) is 4. The van der Waals surface area contributed by atoms with Crippen LogP contribution in [0.25, 0.3) is 0 Å². The molecule has 1 amide bonds. The summed E-state index contributed by atoms with van der Waals surface area (Å²) in [5, 5.41) is 0. The van der Waals surface area contributed by atoms with E-state index in [2.05, 4.69) is 18.9 Å². The van der Waals surface area contributed by atoms with Crippen LogP contribution in [0.15, 0.2) is 0 Å². The summed E-state index contributed by atoms with van der Waals surface area (Å²) in [5.74, 6) is 0.101. The molecule has 2 aliphatic heterocycles. The van der Waals surface area contributed by atoms with Gasteiger partial charge in [0.05, 0.1) is 4.99 Å². The van der Waals surface area contributed by atoms with E-state index in [1.807, 2.05) is 4.90 Å². The van der Waals surface area contributed by atoms with Crippen LogP contribution >= 0.6 is 12.2 Å². The molecular weight excluding hydrogens is 262 g/mol. The SMILES string of the molecule is CC1CN(C)CCN1C(=O)C1(C(N)=S)CCOCC1. The van der Waals surface area contributed by atoms with Crippen molar-refractivity contribution < 1.29 is 9.53 Å². The molecule has 2 heterocycles. The number of nitrogens with zero attached hydrogens (tertiary/aromatic N) is 2. The molecule has 2 aliphatic rings. The molecule has 0 aromatic heterocycles. The van der Waals surface area contributed by atoms with Crippen LogP contribution in [0.2, 0.25) is 0 Å². The first kappa shape index (κ1) is 14.7. The fraction of sp³-hybridized carbons (Fsp3) is 0.846. The van der Waals surface area contributed by atoms with E-state index in [-0.39, 0.29) is 11.9 Å². The third-order valence-electron chi connectivity index (χ3n) is 4.32. The maximum absolute atomic E-state index is 12.9. The van der Waals surface area contributed by atoms with Crippen LogP contribution in [-0.2, 0) is 9.53 Å². The van der Waals surface area contributed by atoms with Gasteiger partial charge in [-0.15, -0.1) is 0 Å². The first-order chi connectivity index (χ1) is 8.97. The van der Waals surface area contributed by atoms with Crippen LogP contribution < -0.4 is 5.73 Å². The number of carbonyl (C=O) groups excluding carboxylic acids is 1. The summed E-state index contributed by atoms with van der Waals surface area (Å²) in [5.41, 5.74) is 5.22. The second-order valence-electron chi connectivity index (χ2n) is 5.67. The second kappa shape index (κ2) is 5.73. The molecule has 0 spiro atoms. The van der Waals surface area contributed by atoms with Gasteiger partial charge in [-0.3, -0.25) is 4.79 Å². The summed E-state index contributed by atoms with van der Waals surface area (Å²) in [7, 11) is 2.08. The van der Waals surface area contributed by atoms with Crippen molar-refractivity contribution in [1.82, 2.24) is 9.80 Å². The van der Waals surface area contributed by atoms with Crippen LogP contribution in [0.1, 0.15) is 19.8 Å². The topological polar surface area (TPSA) is 58.8 Å². The number of nitrogens with two attached hydrogens (primary N) is 1. The molecule has 5 nitrogen and oxygen atoms in total. The van der Waals surface area contributed by atoms with Crippen molar-refractivity contribution in [1.29, 1.82) is 0 Å². The second-order valence-corrected chi connectivity index (χ2v) is 6.11. The zero-order valence-electron chi connectivity index (χ0n) is 11.7. The van der Waals surface area contributed by atoms with Gasteiger partial charge in [0.15, 0.2) is 0 Å². The van der Waals surface area contributed by atoms with Gasteiger partial charge in [0.2, 0.25) is 5.91 Å². The Morgan fingerprint density at radius 1 is 1.37 bits per heavy atom. The van der Waals surface area contributed by atoms with Gasteiger partial charge in [-0.05, 0) is 26.8 Å². The predicted octanol–water partition coefficient (Wildman–Crippen LogP) is 0.232. The Morgan fingerprint density at radius 2 is 2.00 bits per heavy atom. The normalized spacial score (nSPS) is 28.1. The molecule has 0 aromatic carbocycles. The molecule has 1 atom stereocenters. The van der Waals surface area contributed by atoms with Gasteiger partial charge >= 0.3 is 0 Å². The zero-order valence-corrected chi connectivity index (χ0v) is 12.5. The van der Waals surface area contributed by atoms with E-state index in [1.54, 1.807) is 0 Å². The average molecular weight is 285 g/mol. The Kier molecular flexibility index (Phi) is 4.43. The van der Waals surface area contributed by atoms with Gasteiger partial charge in [0, 0.05) is 38.9 Å². The lowest BCUT2D eigenvalue weighted by molar-refractivity contribution is -0.146. The van der Waals surface area contributed by atoms with E-state index in [0.29, 0.717) is 31.0 Å². The summed E-state index contributed by atoms with van der Waals surface area (Å²) >= 11 is 5.20. The van der Waals surface area contributed by atoms with Crippen molar-refractivity contribution in [3.63, 3.8) is 0 Å². The molecule has 6 heteroatoms. The molecule has 0 bridgehead atoms. The first-order valence-electron chi connectivity index (χ1n) is 6.84. The van der Waals surface area contributed by atoms with Gasteiger partial charge in [-0.2, -0.15) is 0 Å². The fourth-order valence-corrected chi connectivity index (χ4v) is 3.29. The Bertz CT molecular complexity index is 369. The number of piperazine rings is 1. The molecule has 108 valence electrons. The highest BCUT2D eigenvalue weighted by Gasteiger charge is 2.46. The highest BCUT2D eigenvalue weighted by Crippen LogP contribution is 2.34. The number of amides is 1. The van der Waals surface area contributed by atoms with Crippen LogP contribution in [0, 0.1) is 5.41 Å². The smallest absolute Gasteiger partial charge is 0.236 e. The van der Waals surface area contributed by atoms with E-state index in [0.717, 1.165) is 19.6 Å². The minimum absolute atomic E-state index is 0.101. The molecule has 0 saturated carbocycles. The largest absolute Gasteiger partial charge is 0.392 e. The molecule has 19 heavy (non-hydrogen) atoms. The van der Waals surface area contributed by atoms with Crippen molar-refractivity contribution in [2.24, 2.45) is 11.1 Å². The third-order valence-corrected chi connectivity index (χ3v) is 4.71. The lowest BCUT2D eigenvalue weighted by Gasteiger charge is -2.44. The molecule has 0 aromatic rings. The Morgan fingerprint density at radius 3 is 2.53 bits per heavy atom. The van der Waals surface area contributed by atoms with Crippen LogP contribution in [0.4, 0.5) is 0 Å². The van der Waals surface area contributed by atoms with Crippen molar-refractivity contribution in [2.75, 3.05) is 39.9 Å². The Hall–Kier alpha value is -0.720. The summed E-state index contributed by atoms with van der Waals surface area (Å²) in [6.07, 6.45) is 1.22. The number of hydrogen-bond donors (Lipinski definition) is 1. The third kappa shape index (κ3) is 2.75. The summed E-state index contributed by atoms with van der Waals surface area (Å²) in [6, 6.07) is 0.209. The van der Waals surface area contributed by atoms with E-state index in [9.17, 15) is 4.79 Å². The van der Waals surface area contributed by atoms with E-state index in [4.69, 9.17) is 22.7 Å². The fourth-order valence-electron chi connectivity index (χ4n) is 3.00. The molecule has 2 rings (SSSR count). The lowest BCUT2D eigenvalue weighted by Crippen LogP contribution is -2.60. The summed E-state index contributed by atoms with van der Waals surface area (Å²) in [6.45, 7) is 5.76. The van der Waals surface area contributed by atoms with Gasteiger partial charge in [0.1, 0.15) is 5.41 Å². The van der Waals surface area contributed by atoms with E-state index in [1.165, 1.54) is 0 Å². The quantitative estimate of drug-likeness (QED) is 0.736. The van der Waals surface area contributed by atoms with Crippen molar-refractivity contribution in [2.45, 2.75) is 25.8 Å². The van der Waals surface area contributed by atoms with E-state index < -0.39 is 5.41 Å². The maximum atomic E-state index is 12.9. The molecule has 0 radical (unpaired) electrons. The monoisotopic (exact) mass is 285 g/mol. The Balaban J connectivity index is 2.18. The van der Waals surface area contributed by atoms with Crippen molar-refractivity contribution >= 4 is 23.1 Å². The minimum atomic E-state index is -0.683. The van der Waals surface area contributed by atoms with Crippen LogP contribution in [0.5, 0.6) is 0 Å². The molecule has 2 N–H and O–H groups in total. The maximum Gasteiger partial charge on any atom is 0.236 e.